The van der Waals surface area contributed by atoms with E-state index >= 15 is 4.39 Å². The summed E-state index contributed by atoms with van der Waals surface area (Å²) in [6.07, 6.45) is 0.726. The lowest BCUT2D eigenvalue weighted by Crippen LogP contribution is -2.46. The van der Waals surface area contributed by atoms with Crippen molar-refractivity contribution in [1.82, 2.24) is 9.47 Å². The Kier molecular flexibility index (Phi) is 8.27. The highest BCUT2D eigenvalue weighted by atomic mass is 19.4. The first-order chi connectivity index (χ1) is 16.9. The Labute approximate surface area is 204 Å². The maximum Gasteiger partial charge on any atom is 0.490 e. The molecule has 2 aliphatic rings. The van der Waals surface area contributed by atoms with E-state index in [1.54, 1.807) is 28.8 Å². The zero-order valence-electron chi connectivity index (χ0n) is 19.7. The van der Waals surface area contributed by atoms with Crippen molar-refractivity contribution in [3.8, 4) is 0 Å². The van der Waals surface area contributed by atoms with Crippen molar-refractivity contribution in [2.75, 3.05) is 6.54 Å². The Hall–Kier alpha value is -3.15. The Morgan fingerprint density at radius 1 is 1.08 bits per heavy atom. The first-order valence-electron chi connectivity index (χ1n) is 11.8. The van der Waals surface area contributed by atoms with Crippen LogP contribution in [0.5, 0.6) is 0 Å². The number of carbonyl (C=O) groups excluding carboxylic acids is 1. The largest absolute Gasteiger partial charge is 0.490 e. The number of aliphatic carboxylic acids is 1. The molecule has 1 unspecified atom stereocenters. The Bertz CT molecular complexity index is 1130. The third-order valence-corrected chi connectivity index (χ3v) is 7.13. The highest BCUT2D eigenvalue weighted by Gasteiger charge is 2.48. The minimum Gasteiger partial charge on any atom is -0.476 e. The number of halogens is 4. The fourth-order valence-electron chi connectivity index (χ4n) is 5.72. The van der Waals surface area contributed by atoms with Crippen LogP contribution < -0.4 is 5.73 Å². The van der Waals surface area contributed by atoms with Crippen LogP contribution in [0.25, 0.3) is 10.9 Å². The van der Waals surface area contributed by atoms with E-state index in [0.29, 0.717) is 24.4 Å². The molecule has 1 aliphatic heterocycles. The molecule has 0 spiro atoms. The molecule has 1 amide bonds. The number of amides is 1. The molecule has 1 saturated heterocycles. The fraction of sp³-hybridized carbons (Fsp3) is 0.542. The van der Waals surface area contributed by atoms with Gasteiger partial charge in [0.2, 0.25) is 5.91 Å². The highest BCUT2D eigenvalue weighted by molar-refractivity contribution is 5.95. The molecule has 2 heterocycles. The van der Waals surface area contributed by atoms with Crippen LogP contribution in [0.4, 0.5) is 17.6 Å². The minimum absolute atomic E-state index is 0.0589. The summed E-state index contributed by atoms with van der Waals surface area (Å²) < 4.78 is 48.3. The SMILES string of the molecule is CCN1C(n2c(C(=O)O)c(F)c3ccccc32)C[C@@H](C2CCCCC2)[C@H]1C(N)=O.O=C(O)C(F)(F)F. The second kappa shape index (κ2) is 10.9. The lowest BCUT2D eigenvalue weighted by Gasteiger charge is -2.33. The molecule has 2 fully saturated rings. The zero-order valence-corrected chi connectivity index (χ0v) is 19.7. The average molecular weight is 516 g/mol. The molecule has 4 rings (SSSR count). The summed E-state index contributed by atoms with van der Waals surface area (Å²) in [5.74, 6) is -4.71. The van der Waals surface area contributed by atoms with Crippen molar-refractivity contribution in [2.45, 2.75) is 63.8 Å². The van der Waals surface area contributed by atoms with Gasteiger partial charge in [-0.05, 0) is 36.9 Å². The number of aromatic nitrogens is 1. The van der Waals surface area contributed by atoms with Crippen molar-refractivity contribution in [3.05, 3.63) is 35.8 Å². The predicted molar refractivity (Wildman–Crippen MR) is 122 cm³/mol. The number of hydrogen-bond donors (Lipinski definition) is 3. The number of fused-ring (bicyclic) bond motifs is 1. The van der Waals surface area contributed by atoms with Crippen molar-refractivity contribution < 1.29 is 42.2 Å². The first kappa shape index (κ1) is 27.4. The van der Waals surface area contributed by atoms with E-state index in [-0.39, 0.29) is 22.9 Å². The number of benzene rings is 1. The average Bonchev–Trinajstić information content (AvgIpc) is 3.35. The summed E-state index contributed by atoms with van der Waals surface area (Å²) in [6.45, 7) is 2.48. The second-order valence-corrected chi connectivity index (χ2v) is 9.11. The smallest absolute Gasteiger partial charge is 0.476 e. The molecular weight excluding hydrogens is 486 g/mol. The van der Waals surface area contributed by atoms with Crippen molar-refractivity contribution in [3.63, 3.8) is 0 Å². The van der Waals surface area contributed by atoms with Crippen LogP contribution in [0.3, 0.4) is 0 Å². The zero-order chi connectivity index (χ0) is 26.8. The second-order valence-electron chi connectivity index (χ2n) is 9.11. The van der Waals surface area contributed by atoms with Gasteiger partial charge in [0.1, 0.15) is 0 Å². The van der Waals surface area contributed by atoms with E-state index in [2.05, 4.69) is 0 Å². The van der Waals surface area contributed by atoms with E-state index in [9.17, 15) is 27.9 Å². The highest BCUT2D eigenvalue weighted by Crippen LogP contribution is 2.46. The molecule has 198 valence electrons. The molecule has 36 heavy (non-hydrogen) atoms. The lowest BCUT2D eigenvalue weighted by atomic mass is 9.76. The molecule has 8 nitrogen and oxygen atoms in total. The van der Waals surface area contributed by atoms with Crippen LogP contribution in [0, 0.1) is 17.7 Å². The van der Waals surface area contributed by atoms with Gasteiger partial charge in [0.05, 0.1) is 17.7 Å². The summed E-state index contributed by atoms with van der Waals surface area (Å²) >= 11 is 0. The molecule has 2 aromatic rings. The van der Waals surface area contributed by atoms with E-state index < -0.39 is 36.1 Å². The van der Waals surface area contributed by atoms with Crippen LogP contribution >= 0.6 is 0 Å². The molecule has 0 radical (unpaired) electrons. The number of primary amides is 1. The Balaban J connectivity index is 0.000000454. The van der Waals surface area contributed by atoms with Gasteiger partial charge in [-0.15, -0.1) is 0 Å². The molecule has 0 bridgehead atoms. The van der Waals surface area contributed by atoms with Gasteiger partial charge < -0.3 is 20.5 Å². The van der Waals surface area contributed by atoms with Crippen LogP contribution in [-0.2, 0) is 9.59 Å². The van der Waals surface area contributed by atoms with Gasteiger partial charge in [-0.25, -0.2) is 14.0 Å². The third-order valence-electron chi connectivity index (χ3n) is 7.13. The molecular formula is C24H29F4N3O5. The molecule has 1 saturated carbocycles. The molecule has 3 atom stereocenters. The number of nitrogens with zero attached hydrogens (tertiary/aromatic N) is 2. The van der Waals surface area contributed by atoms with E-state index in [1.807, 2.05) is 11.8 Å². The van der Waals surface area contributed by atoms with Gasteiger partial charge >= 0.3 is 18.1 Å². The van der Waals surface area contributed by atoms with Gasteiger partial charge in [0.15, 0.2) is 11.5 Å². The predicted octanol–water partition coefficient (Wildman–Crippen LogP) is 4.39. The number of carbonyl (C=O) groups is 3. The standard InChI is InChI=1S/C22H28FN3O3.C2HF3O2/c1-2-25-17(12-15(19(25)21(24)27)13-8-4-3-5-9-13)26-16-11-7-6-10-14(16)18(23)20(26)22(28)29;3-2(4,5)1(6)7/h6-7,10-11,13,15,17,19H,2-5,8-9,12H2,1H3,(H2,24,27)(H,28,29);(H,6,7)/t15-,17?,19-;/m0./s1. The summed E-state index contributed by atoms with van der Waals surface area (Å²) in [5, 5.41) is 17.2. The lowest BCUT2D eigenvalue weighted by molar-refractivity contribution is -0.192. The van der Waals surface area contributed by atoms with Crippen LogP contribution in [-0.4, -0.2) is 56.3 Å². The Morgan fingerprint density at radius 2 is 1.67 bits per heavy atom. The fourth-order valence-corrected chi connectivity index (χ4v) is 5.72. The van der Waals surface area contributed by atoms with Gasteiger partial charge in [-0.3, -0.25) is 9.69 Å². The van der Waals surface area contributed by atoms with Crippen LogP contribution in [0.15, 0.2) is 24.3 Å². The molecule has 1 aromatic carbocycles. The van der Waals surface area contributed by atoms with Crippen molar-refractivity contribution >= 4 is 28.7 Å². The van der Waals surface area contributed by atoms with Crippen LogP contribution in [0.1, 0.15) is 62.1 Å². The maximum absolute atomic E-state index is 15.0. The number of likely N-dealkylation sites (tertiary alicyclic amines) is 1. The molecule has 1 aromatic heterocycles. The number of para-hydroxylation sites is 1. The molecule has 12 heteroatoms. The topological polar surface area (TPSA) is 126 Å². The first-order valence-corrected chi connectivity index (χ1v) is 11.8. The number of carboxylic acid groups (broad SMARTS) is 2. The number of rotatable bonds is 5. The summed E-state index contributed by atoms with van der Waals surface area (Å²) in [7, 11) is 0. The number of hydrogen-bond acceptors (Lipinski definition) is 4. The number of nitrogens with two attached hydrogens (primary N) is 1. The number of carboxylic acids is 2. The van der Waals surface area contributed by atoms with Crippen molar-refractivity contribution in [1.29, 1.82) is 0 Å². The summed E-state index contributed by atoms with van der Waals surface area (Å²) in [6, 6.07) is 6.36. The van der Waals surface area contributed by atoms with Crippen LogP contribution in [0.2, 0.25) is 0 Å². The van der Waals surface area contributed by atoms with Gasteiger partial charge in [-0.2, -0.15) is 13.2 Å². The van der Waals surface area contributed by atoms with E-state index in [0.717, 1.165) is 25.7 Å². The monoisotopic (exact) mass is 515 g/mol. The van der Waals surface area contributed by atoms with Gasteiger partial charge in [0.25, 0.3) is 0 Å². The van der Waals surface area contributed by atoms with Gasteiger partial charge in [0, 0.05) is 5.39 Å². The van der Waals surface area contributed by atoms with E-state index in [1.165, 1.54) is 6.42 Å². The number of likely N-dealkylation sites (N-methyl/N-ethyl adjacent to an activating group) is 1. The summed E-state index contributed by atoms with van der Waals surface area (Å²) in [5.41, 5.74) is 6.03. The number of aromatic carboxylic acids is 1. The van der Waals surface area contributed by atoms with Gasteiger partial charge in [-0.1, -0.05) is 51.2 Å². The minimum atomic E-state index is -5.08. The van der Waals surface area contributed by atoms with Crippen molar-refractivity contribution in [2.24, 2.45) is 17.6 Å². The third kappa shape index (κ3) is 5.32. The summed E-state index contributed by atoms with van der Waals surface area (Å²) in [4.78, 5) is 35.3. The molecule has 1 aliphatic carbocycles. The normalized spacial score (nSPS) is 23.3. The number of alkyl halides is 3. The quantitative estimate of drug-likeness (QED) is 0.508. The maximum atomic E-state index is 15.0. The molecule has 4 N–H and O–H groups in total. The Morgan fingerprint density at radius 3 is 2.17 bits per heavy atom. The van der Waals surface area contributed by atoms with E-state index in [4.69, 9.17) is 15.6 Å².